The second-order valence-electron chi connectivity index (χ2n) is 4.55. The van der Waals surface area contributed by atoms with Crippen molar-refractivity contribution in [3.63, 3.8) is 0 Å². The lowest BCUT2D eigenvalue weighted by molar-refractivity contribution is 0.341. The Bertz CT molecular complexity index is 661. The first kappa shape index (κ1) is 14.4. The smallest absolute Gasteiger partial charge is 0.181 e. The number of benzene rings is 2. The molecule has 5 heteroatoms. The highest BCUT2D eigenvalue weighted by atomic mass is 32.2. The zero-order chi connectivity index (χ0) is 14.6. The Labute approximate surface area is 119 Å². The molecular weight excluding hydrogens is 274 g/mol. The molecule has 0 aliphatic carbocycles. The average molecular weight is 291 g/mol. The van der Waals surface area contributed by atoms with Crippen molar-refractivity contribution in [1.82, 2.24) is 0 Å². The second kappa shape index (κ2) is 5.96. The first-order valence-electron chi connectivity index (χ1n) is 6.25. The molecule has 106 valence electrons. The fraction of sp³-hybridized carbons (Fsp3) is 0.200. The van der Waals surface area contributed by atoms with Crippen LogP contribution >= 0.6 is 0 Å². The summed E-state index contributed by atoms with van der Waals surface area (Å²) in [5.41, 5.74) is 7.21. The molecule has 20 heavy (non-hydrogen) atoms. The third-order valence-electron chi connectivity index (χ3n) is 2.88. The number of nitrogen functional groups attached to an aromatic ring is 1. The molecule has 0 aliphatic rings. The van der Waals surface area contributed by atoms with E-state index in [1.807, 2.05) is 31.2 Å². The van der Waals surface area contributed by atoms with Gasteiger partial charge in [0, 0.05) is 5.69 Å². The molecule has 0 fully saturated rings. The van der Waals surface area contributed by atoms with Crippen LogP contribution in [0.2, 0.25) is 0 Å². The minimum Gasteiger partial charge on any atom is -0.493 e. The van der Waals surface area contributed by atoms with E-state index in [4.69, 9.17) is 10.5 Å². The van der Waals surface area contributed by atoms with Gasteiger partial charge in [-0.25, -0.2) is 8.42 Å². The molecule has 0 saturated carbocycles. The van der Waals surface area contributed by atoms with Gasteiger partial charge in [0.2, 0.25) is 0 Å². The molecular formula is C15H17NO3S. The van der Waals surface area contributed by atoms with Gasteiger partial charge in [0.1, 0.15) is 12.4 Å². The first-order chi connectivity index (χ1) is 9.47. The molecule has 2 aromatic rings. The van der Waals surface area contributed by atoms with Gasteiger partial charge in [-0.1, -0.05) is 17.7 Å². The summed E-state index contributed by atoms with van der Waals surface area (Å²) in [7, 11) is -3.34. The van der Waals surface area contributed by atoms with E-state index in [2.05, 4.69) is 0 Å². The average Bonchev–Trinajstić information content (AvgIpc) is 2.41. The Morgan fingerprint density at radius 1 is 1.00 bits per heavy atom. The van der Waals surface area contributed by atoms with Crippen LogP contribution in [0.5, 0.6) is 5.75 Å². The van der Waals surface area contributed by atoms with Crippen molar-refractivity contribution in [3.8, 4) is 5.75 Å². The number of hydrogen-bond acceptors (Lipinski definition) is 4. The van der Waals surface area contributed by atoms with Crippen LogP contribution < -0.4 is 10.5 Å². The lowest BCUT2D eigenvalue weighted by Crippen LogP contribution is -2.14. The van der Waals surface area contributed by atoms with Crippen LogP contribution in [0.15, 0.2) is 53.4 Å². The lowest BCUT2D eigenvalue weighted by atomic mass is 10.2. The van der Waals surface area contributed by atoms with Crippen molar-refractivity contribution in [2.24, 2.45) is 0 Å². The molecule has 2 N–H and O–H groups in total. The molecule has 0 unspecified atom stereocenters. The number of hydrogen-bond donors (Lipinski definition) is 1. The topological polar surface area (TPSA) is 69.4 Å². The van der Waals surface area contributed by atoms with Gasteiger partial charge in [-0.3, -0.25) is 0 Å². The standard InChI is InChI=1S/C15H17NO3S/c1-12-2-6-14(7-3-12)19-10-11-20(17,18)15-8-4-13(16)5-9-15/h2-9H,10-11,16H2,1H3. The number of aryl methyl sites for hydroxylation is 1. The van der Waals surface area contributed by atoms with Gasteiger partial charge >= 0.3 is 0 Å². The molecule has 2 rings (SSSR count). The number of ether oxygens (including phenoxy) is 1. The zero-order valence-corrected chi connectivity index (χ0v) is 12.1. The van der Waals surface area contributed by atoms with Crippen LogP contribution in [0, 0.1) is 6.92 Å². The number of nitrogens with two attached hydrogens (primary N) is 1. The van der Waals surface area contributed by atoms with E-state index in [0.29, 0.717) is 11.4 Å². The summed E-state index contributed by atoms with van der Waals surface area (Å²) in [6, 6.07) is 13.7. The van der Waals surface area contributed by atoms with Crippen LogP contribution in [0.4, 0.5) is 5.69 Å². The van der Waals surface area contributed by atoms with E-state index in [9.17, 15) is 8.42 Å². The van der Waals surface area contributed by atoms with Crippen LogP contribution in [0.3, 0.4) is 0 Å². The highest BCUT2D eigenvalue weighted by Crippen LogP contribution is 2.15. The monoisotopic (exact) mass is 291 g/mol. The van der Waals surface area contributed by atoms with Crippen molar-refractivity contribution in [2.45, 2.75) is 11.8 Å². The summed E-state index contributed by atoms with van der Waals surface area (Å²) >= 11 is 0. The van der Waals surface area contributed by atoms with E-state index in [0.717, 1.165) is 5.56 Å². The maximum absolute atomic E-state index is 12.1. The summed E-state index contributed by atoms with van der Waals surface area (Å²) in [6.07, 6.45) is 0. The molecule has 0 saturated heterocycles. The van der Waals surface area contributed by atoms with E-state index in [1.54, 1.807) is 12.1 Å². The van der Waals surface area contributed by atoms with E-state index >= 15 is 0 Å². The molecule has 0 amide bonds. The van der Waals surface area contributed by atoms with Gasteiger partial charge in [0.15, 0.2) is 9.84 Å². The normalized spacial score (nSPS) is 11.2. The molecule has 0 atom stereocenters. The molecule has 0 aromatic heterocycles. The molecule has 0 bridgehead atoms. The minimum absolute atomic E-state index is 0.0647. The molecule has 0 aliphatic heterocycles. The summed E-state index contributed by atoms with van der Waals surface area (Å²) in [5, 5.41) is 0. The minimum atomic E-state index is -3.34. The predicted molar refractivity (Wildman–Crippen MR) is 79.6 cm³/mol. The number of sulfone groups is 1. The Hall–Kier alpha value is -2.01. The highest BCUT2D eigenvalue weighted by Gasteiger charge is 2.14. The molecule has 0 spiro atoms. The Morgan fingerprint density at radius 2 is 1.60 bits per heavy atom. The van der Waals surface area contributed by atoms with Crippen molar-refractivity contribution < 1.29 is 13.2 Å². The number of rotatable bonds is 5. The van der Waals surface area contributed by atoms with E-state index in [-0.39, 0.29) is 17.3 Å². The first-order valence-corrected chi connectivity index (χ1v) is 7.90. The SMILES string of the molecule is Cc1ccc(OCCS(=O)(=O)c2ccc(N)cc2)cc1. The van der Waals surface area contributed by atoms with Gasteiger partial charge in [-0.05, 0) is 43.3 Å². The van der Waals surface area contributed by atoms with Crippen LogP contribution in [0.1, 0.15) is 5.56 Å². The zero-order valence-electron chi connectivity index (χ0n) is 11.2. The third-order valence-corrected chi connectivity index (χ3v) is 4.58. The highest BCUT2D eigenvalue weighted by molar-refractivity contribution is 7.91. The molecule has 2 aromatic carbocycles. The molecule has 0 radical (unpaired) electrons. The van der Waals surface area contributed by atoms with E-state index < -0.39 is 9.84 Å². The summed E-state index contributed by atoms with van der Waals surface area (Å²) < 4.78 is 29.6. The lowest BCUT2D eigenvalue weighted by Gasteiger charge is -2.07. The van der Waals surface area contributed by atoms with Crippen LogP contribution in [0.25, 0.3) is 0 Å². The second-order valence-corrected chi connectivity index (χ2v) is 6.66. The molecule has 4 nitrogen and oxygen atoms in total. The fourth-order valence-corrected chi connectivity index (χ4v) is 2.79. The van der Waals surface area contributed by atoms with Crippen molar-refractivity contribution in [1.29, 1.82) is 0 Å². The number of anilines is 1. The Kier molecular flexibility index (Phi) is 4.29. The maximum atomic E-state index is 12.1. The van der Waals surface area contributed by atoms with Crippen molar-refractivity contribution >= 4 is 15.5 Å². The van der Waals surface area contributed by atoms with Crippen molar-refractivity contribution in [3.05, 3.63) is 54.1 Å². The Balaban J connectivity index is 1.96. The van der Waals surface area contributed by atoms with Crippen molar-refractivity contribution in [2.75, 3.05) is 18.1 Å². The summed E-state index contributed by atoms with van der Waals surface area (Å²) in [6.45, 7) is 2.10. The fourth-order valence-electron chi connectivity index (χ4n) is 1.70. The van der Waals surface area contributed by atoms with Gasteiger partial charge in [0.25, 0.3) is 0 Å². The quantitative estimate of drug-likeness (QED) is 0.859. The van der Waals surface area contributed by atoms with Crippen LogP contribution in [-0.4, -0.2) is 20.8 Å². The van der Waals surface area contributed by atoms with Gasteiger partial charge in [-0.2, -0.15) is 0 Å². The predicted octanol–water partition coefficient (Wildman–Crippen LogP) is 2.43. The maximum Gasteiger partial charge on any atom is 0.181 e. The summed E-state index contributed by atoms with van der Waals surface area (Å²) in [4.78, 5) is 0.263. The van der Waals surface area contributed by atoms with E-state index in [1.165, 1.54) is 12.1 Å². The largest absolute Gasteiger partial charge is 0.493 e. The van der Waals surface area contributed by atoms with Crippen LogP contribution in [-0.2, 0) is 9.84 Å². The van der Waals surface area contributed by atoms with Gasteiger partial charge in [-0.15, -0.1) is 0 Å². The third kappa shape index (κ3) is 3.74. The molecule has 0 heterocycles. The van der Waals surface area contributed by atoms with Gasteiger partial charge < -0.3 is 10.5 Å². The Morgan fingerprint density at radius 3 is 2.20 bits per heavy atom. The van der Waals surface area contributed by atoms with Gasteiger partial charge in [0.05, 0.1) is 10.6 Å². The summed E-state index contributed by atoms with van der Waals surface area (Å²) in [5.74, 6) is 0.605.